The smallest absolute Gasteiger partial charge is 0.261 e. The highest BCUT2D eigenvalue weighted by molar-refractivity contribution is 6.31. The molecule has 1 saturated heterocycles. The molecule has 2 aromatic carbocycles. The third kappa shape index (κ3) is 4.18. The maximum Gasteiger partial charge on any atom is 0.261 e. The molecule has 0 saturated carbocycles. The first-order valence-electron chi connectivity index (χ1n) is 11.0. The number of piperazine rings is 1. The number of amides is 3. The fourth-order valence-corrected chi connectivity index (χ4v) is 4.43. The Hall–Kier alpha value is -3.62. The summed E-state index contributed by atoms with van der Waals surface area (Å²) in [5.41, 5.74) is 2.25. The Morgan fingerprint density at radius 3 is 2.50 bits per heavy atom. The van der Waals surface area contributed by atoms with Crippen LogP contribution in [0.25, 0.3) is 0 Å². The first-order valence-corrected chi connectivity index (χ1v) is 11.4. The van der Waals surface area contributed by atoms with Crippen LogP contribution in [0, 0.1) is 0 Å². The molecule has 0 bridgehead atoms. The summed E-state index contributed by atoms with van der Waals surface area (Å²) >= 11 is 6.22. The number of benzene rings is 2. The van der Waals surface area contributed by atoms with Crippen molar-refractivity contribution in [2.45, 2.75) is 6.54 Å². The Morgan fingerprint density at radius 1 is 1.00 bits per heavy atom. The van der Waals surface area contributed by atoms with E-state index in [2.05, 4.69) is 22.2 Å². The number of carbonyl (C=O) groups is 3. The van der Waals surface area contributed by atoms with Gasteiger partial charge in [0.1, 0.15) is 5.76 Å². The molecule has 8 nitrogen and oxygen atoms in total. The lowest BCUT2D eigenvalue weighted by molar-refractivity contribution is 0.0631. The summed E-state index contributed by atoms with van der Waals surface area (Å²) in [5, 5.41) is 3.45. The average Bonchev–Trinajstić information content (AvgIpc) is 3.43. The number of furan rings is 1. The number of anilines is 2. The summed E-state index contributed by atoms with van der Waals surface area (Å²) in [7, 11) is 2.08. The van der Waals surface area contributed by atoms with Gasteiger partial charge >= 0.3 is 0 Å². The summed E-state index contributed by atoms with van der Waals surface area (Å²) in [4.78, 5) is 44.3. The van der Waals surface area contributed by atoms with Crippen LogP contribution in [0.4, 0.5) is 11.4 Å². The Labute approximate surface area is 201 Å². The van der Waals surface area contributed by atoms with Crippen LogP contribution >= 0.6 is 11.6 Å². The summed E-state index contributed by atoms with van der Waals surface area (Å²) in [6.45, 7) is 3.55. The Balaban J connectivity index is 1.37. The van der Waals surface area contributed by atoms with Gasteiger partial charge in [0.2, 0.25) is 0 Å². The molecule has 1 N–H and O–H groups in total. The second kappa shape index (κ2) is 8.96. The number of hydrogen-bond acceptors (Lipinski definition) is 6. The Bertz CT molecular complexity index is 1270. The first kappa shape index (κ1) is 22.2. The fourth-order valence-electron chi connectivity index (χ4n) is 4.26. The zero-order valence-corrected chi connectivity index (χ0v) is 19.3. The van der Waals surface area contributed by atoms with Crippen molar-refractivity contribution >= 4 is 40.7 Å². The third-order valence-corrected chi connectivity index (χ3v) is 6.41. The SMILES string of the molecule is CN1CCN(c2ccc(Cl)cc2NC(=O)c2ccc3c(c2)C(=O)N(Cc2ccco2)C3=O)CC1. The minimum atomic E-state index is -0.452. The van der Waals surface area contributed by atoms with E-state index in [9.17, 15) is 14.4 Å². The highest BCUT2D eigenvalue weighted by atomic mass is 35.5. The number of rotatable bonds is 5. The number of hydrogen-bond donors (Lipinski definition) is 1. The molecule has 1 aromatic heterocycles. The first-order chi connectivity index (χ1) is 16.4. The molecule has 2 aliphatic heterocycles. The van der Waals surface area contributed by atoms with Crippen molar-refractivity contribution in [3.8, 4) is 0 Å². The van der Waals surface area contributed by atoms with E-state index < -0.39 is 11.8 Å². The minimum absolute atomic E-state index is 0.0395. The lowest BCUT2D eigenvalue weighted by Crippen LogP contribution is -2.44. The molecule has 34 heavy (non-hydrogen) atoms. The van der Waals surface area contributed by atoms with Crippen LogP contribution < -0.4 is 10.2 Å². The predicted molar refractivity (Wildman–Crippen MR) is 128 cm³/mol. The topological polar surface area (TPSA) is 86.1 Å². The van der Waals surface area contributed by atoms with E-state index in [0.717, 1.165) is 36.8 Å². The maximum absolute atomic E-state index is 13.1. The molecule has 3 heterocycles. The van der Waals surface area contributed by atoms with Gasteiger partial charge in [-0.3, -0.25) is 19.3 Å². The number of likely N-dealkylation sites (N-methyl/N-ethyl adjacent to an activating group) is 1. The van der Waals surface area contributed by atoms with Crippen LogP contribution in [-0.2, 0) is 6.54 Å². The summed E-state index contributed by atoms with van der Waals surface area (Å²) < 4.78 is 5.27. The van der Waals surface area contributed by atoms with Crippen LogP contribution in [0.2, 0.25) is 5.02 Å². The molecule has 9 heteroatoms. The fraction of sp³-hybridized carbons (Fsp3) is 0.240. The van der Waals surface area contributed by atoms with Crippen molar-refractivity contribution in [2.75, 3.05) is 43.4 Å². The summed E-state index contributed by atoms with van der Waals surface area (Å²) in [6, 6.07) is 13.4. The van der Waals surface area contributed by atoms with Gasteiger partial charge in [-0.15, -0.1) is 0 Å². The van der Waals surface area contributed by atoms with Crippen LogP contribution in [0.1, 0.15) is 36.8 Å². The molecule has 0 unspecified atom stereocenters. The normalized spacial score (nSPS) is 16.2. The standard InChI is InChI=1S/C25H23ClN4O4/c1-28-8-10-29(11-9-28)22-7-5-17(26)14-21(22)27-23(31)16-4-6-19-20(13-16)25(33)30(24(19)32)15-18-3-2-12-34-18/h2-7,12-14H,8-11,15H2,1H3,(H,27,31). The van der Waals surface area contributed by atoms with E-state index in [-0.39, 0.29) is 29.1 Å². The van der Waals surface area contributed by atoms with Crippen molar-refractivity contribution in [3.63, 3.8) is 0 Å². The lowest BCUT2D eigenvalue weighted by atomic mass is 10.1. The van der Waals surface area contributed by atoms with E-state index in [1.54, 1.807) is 30.3 Å². The molecule has 0 atom stereocenters. The van der Waals surface area contributed by atoms with Gasteiger partial charge < -0.3 is 19.5 Å². The molecular formula is C25H23ClN4O4. The van der Waals surface area contributed by atoms with Gasteiger partial charge in [-0.1, -0.05) is 11.6 Å². The van der Waals surface area contributed by atoms with Gasteiger partial charge in [0, 0.05) is 36.8 Å². The molecule has 0 aliphatic carbocycles. The number of carbonyl (C=O) groups excluding carboxylic acids is 3. The van der Waals surface area contributed by atoms with Crippen LogP contribution in [0.15, 0.2) is 59.2 Å². The monoisotopic (exact) mass is 478 g/mol. The number of imide groups is 1. The van der Waals surface area contributed by atoms with E-state index >= 15 is 0 Å². The molecule has 3 amide bonds. The zero-order chi connectivity index (χ0) is 23.8. The minimum Gasteiger partial charge on any atom is -0.467 e. The van der Waals surface area contributed by atoms with Crippen molar-refractivity contribution < 1.29 is 18.8 Å². The summed E-state index contributed by atoms with van der Waals surface area (Å²) in [5.74, 6) is -0.738. The quantitative estimate of drug-likeness (QED) is 0.562. The molecule has 5 rings (SSSR count). The number of fused-ring (bicyclic) bond motifs is 1. The van der Waals surface area contributed by atoms with E-state index in [0.29, 0.717) is 16.5 Å². The van der Waals surface area contributed by atoms with Gasteiger partial charge in [-0.25, -0.2) is 0 Å². The van der Waals surface area contributed by atoms with Gasteiger partial charge in [0.25, 0.3) is 17.7 Å². The molecule has 0 radical (unpaired) electrons. The van der Waals surface area contributed by atoms with Crippen LogP contribution in [0.5, 0.6) is 0 Å². The van der Waals surface area contributed by atoms with Crippen molar-refractivity contribution in [1.82, 2.24) is 9.80 Å². The highest BCUT2D eigenvalue weighted by Crippen LogP contribution is 2.31. The molecule has 174 valence electrons. The lowest BCUT2D eigenvalue weighted by Gasteiger charge is -2.35. The summed E-state index contributed by atoms with van der Waals surface area (Å²) in [6.07, 6.45) is 1.49. The van der Waals surface area contributed by atoms with E-state index in [1.807, 2.05) is 6.07 Å². The molecule has 3 aromatic rings. The van der Waals surface area contributed by atoms with Crippen molar-refractivity contribution in [2.24, 2.45) is 0 Å². The van der Waals surface area contributed by atoms with Crippen molar-refractivity contribution in [3.05, 3.63) is 82.3 Å². The Kier molecular flexibility index (Phi) is 5.85. The molecule has 0 spiro atoms. The molecule has 1 fully saturated rings. The number of nitrogens with zero attached hydrogens (tertiary/aromatic N) is 3. The van der Waals surface area contributed by atoms with Crippen LogP contribution in [-0.4, -0.2) is 60.7 Å². The number of halogens is 1. The number of nitrogens with one attached hydrogen (secondary N) is 1. The van der Waals surface area contributed by atoms with E-state index in [1.165, 1.54) is 18.4 Å². The van der Waals surface area contributed by atoms with Crippen molar-refractivity contribution in [1.29, 1.82) is 0 Å². The Morgan fingerprint density at radius 2 is 1.76 bits per heavy atom. The van der Waals surface area contributed by atoms with Gasteiger partial charge in [0.15, 0.2) is 0 Å². The molecular weight excluding hydrogens is 456 g/mol. The van der Waals surface area contributed by atoms with Gasteiger partial charge in [0.05, 0.1) is 35.3 Å². The largest absolute Gasteiger partial charge is 0.467 e. The maximum atomic E-state index is 13.1. The van der Waals surface area contributed by atoms with Gasteiger partial charge in [-0.2, -0.15) is 0 Å². The third-order valence-electron chi connectivity index (χ3n) is 6.18. The zero-order valence-electron chi connectivity index (χ0n) is 18.6. The average molecular weight is 479 g/mol. The van der Waals surface area contributed by atoms with Gasteiger partial charge in [-0.05, 0) is 55.6 Å². The highest BCUT2D eigenvalue weighted by Gasteiger charge is 2.36. The second-order valence-electron chi connectivity index (χ2n) is 8.44. The van der Waals surface area contributed by atoms with Crippen LogP contribution in [0.3, 0.4) is 0 Å². The predicted octanol–water partition coefficient (Wildman–Crippen LogP) is 3.73. The van der Waals surface area contributed by atoms with E-state index in [4.69, 9.17) is 16.0 Å². The molecule has 2 aliphatic rings. The second-order valence-corrected chi connectivity index (χ2v) is 8.88.